The fourth-order valence-corrected chi connectivity index (χ4v) is 3.60. The van der Waals surface area contributed by atoms with Gasteiger partial charge in [-0.05, 0) is 43.0 Å². The van der Waals surface area contributed by atoms with Crippen molar-refractivity contribution in [3.63, 3.8) is 0 Å². The maximum atomic E-state index is 13.1. The van der Waals surface area contributed by atoms with Crippen LogP contribution in [0.5, 0.6) is 0 Å². The monoisotopic (exact) mass is 286 g/mol. The molecule has 0 bridgehead atoms. The first-order valence-electron chi connectivity index (χ1n) is 6.52. The van der Waals surface area contributed by atoms with Crippen LogP contribution in [0.4, 0.5) is 10.2 Å². The molecule has 0 spiro atoms. The number of hydrogen-bond donors (Lipinski definition) is 1. The van der Waals surface area contributed by atoms with E-state index < -0.39 is 5.95 Å². The van der Waals surface area contributed by atoms with E-state index in [0.717, 1.165) is 0 Å². The summed E-state index contributed by atoms with van der Waals surface area (Å²) in [6.07, 6.45) is 0. The number of hydrogen-bond acceptors (Lipinski definition) is 3. The van der Waals surface area contributed by atoms with Crippen LogP contribution in [0, 0.1) is 12.9 Å². The van der Waals surface area contributed by atoms with Crippen LogP contribution in [0.2, 0.25) is 0 Å². The molecule has 0 aliphatic heterocycles. The first kappa shape index (κ1) is 13.1. The number of aromatic nitrogens is 1. The highest BCUT2D eigenvalue weighted by atomic mass is 32.1. The lowest BCUT2D eigenvalue weighted by atomic mass is 10.1. The summed E-state index contributed by atoms with van der Waals surface area (Å²) in [6, 6.07) is 13.3. The topological polar surface area (TPSA) is 24.9 Å². The number of thiophene rings is 1. The third kappa shape index (κ3) is 2.39. The minimum Gasteiger partial charge on any atom is -0.363 e. The lowest BCUT2D eigenvalue weighted by Gasteiger charge is -2.14. The van der Waals surface area contributed by atoms with Crippen molar-refractivity contribution in [2.75, 3.05) is 5.32 Å². The predicted molar refractivity (Wildman–Crippen MR) is 82.8 cm³/mol. The SMILES string of the molecule is Cc1c(C(C)Nc2cccc(F)n2)sc2ccccc12. The van der Waals surface area contributed by atoms with Gasteiger partial charge in [-0.3, -0.25) is 0 Å². The number of rotatable bonds is 3. The molecule has 1 N–H and O–H groups in total. The number of nitrogens with one attached hydrogen (secondary N) is 1. The van der Waals surface area contributed by atoms with Gasteiger partial charge in [0.05, 0.1) is 6.04 Å². The average Bonchev–Trinajstić information content (AvgIpc) is 2.77. The molecular formula is C16H15FN2S. The highest BCUT2D eigenvalue weighted by Gasteiger charge is 2.14. The van der Waals surface area contributed by atoms with Gasteiger partial charge in [0, 0.05) is 9.58 Å². The minimum absolute atomic E-state index is 0.0988. The Kier molecular flexibility index (Phi) is 3.40. The molecule has 0 saturated heterocycles. The van der Waals surface area contributed by atoms with E-state index in [1.165, 1.54) is 26.6 Å². The van der Waals surface area contributed by atoms with Crippen LogP contribution in [0.15, 0.2) is 42.5 Å². The van der Waals surface area contributed by atoms with E-state index >= 15 is 0 Å². The van der Waals surface area contributed by atoms with Gasteiger partial charge >= 0.3 is 0 Å². The molecule has 1 unspecified atom stereocenters. The Bertz CT molecular complexity index is 751. The van der Waals surface area contributed by atoms with Crippen LogP contribution in [0.1, 0.15) is 23.4 Å². The largest absolute Gasteiger partial charge is 0.363 e. The van der Waals surface area contributed by atoms with Crippen LogP contribution >= 0.6 is 11.3 Å². The molecule has 1 aromatic carbocycles. The molecule has 3 aromatic rings. The zero-order valence-electron chi connectivity index (χ0n) is 11.4. The van der Waals surface area contributed by atoms with Crippen molar-refractivity contribution in [1.82, 2.24) is 4.98 Å². The fraction of sp³-hybridized carbons (Fsp3) is 0.188. The van der Waals surface area contributed by atoms with E-state index in [4.69, 9.17) is 0 Å². The summed E-state index contributed by atoms with van der Waals surface area (Å²) >= 11 is 1.77. The van der Waals surface area contributed by atoms with Crippen molar-refractivity contribution >= 4 is 27.2 Å². The Morgan fingerprint density at radius 2 is 1.95 bits per heavy atom. The van der Waals surface area contributed by atoms with Gasteiger partial charge in [0.25, 0.3) is 0 Å². The van der Waals surface area contributed by atoms with Gasteiger partial charge in [-0.1, -0.05) is 24.3 Å². The Morgan fingerprint density at radius 3 is 2.70 bits per heavy atom. The predicted octanol–water partition coefficient (Wildman–Crippen LogP) is 4.92. The normalized spacial score (nSPS) is 12.6. The highest BCUT2D eigenvalue weighted by molar-refractivity contribution is 7.19. The van der Waals surface area contributed by atoms with Crippen LogP contribution in [0.25, 0.3) is 10.1 Å². The third-order valence-electron chi connectivity index (χ3n) is 3.35. The number of anilines is 1. The Hall–Kier alpha value is -1.94. The van der Waals surface area contributed by atoms with Crippen LogP contribution in [-0.2, 0) is 0 Å². The van der Waals surface area contributed by atoms with Crippen molar-refractivity contribution in [3.8, 4) is 0 Å². The van der Waals surface area contributed by atoms with Crippen LogP contribution < -0.4 is 5.32 Å². The average molecular weight is 286 g/mol. The molecule has 0 amide bonds. The summed E-state index contributed by atoms with van der Waals surface area (Å²) in [4.78, 5) is 5.11. The quantitative estimate of drug-likeness (QED) is 0.691. The molecule has 2 aromatic heterocycles. The van der Waals surface area contributed by atoms with E-state index in [-0.39, 0.29) is 6.04 Å². The number of halogens is 1. The summed E-state index contributed by atoms with van der Waals surface area (Å²) < 4.78 is 14.4. The molecule has 0 fully saturated rings. The van der Waals surface area contributed by atoms with Crippen molar-refractivity contribution in [2.45, 2.75) is 19.9 Å². The smallest absolute Gasteiger partial charge is 0.214 e. The highest BCUT2D eigenvalue weighted by Crippen LogP contribution is 2.35. The van der Waals surface area contributed by atoms with Gasteiger partial charge in [0.2, 0.25) is 5.95 Å². The zero-order valence-corrected chi connectivity index (χ0v) is 12.2. The molecule has 2 nitrogen and oxygen atoms in total. The minimum atomic E-state index is -0.463. The third-order valence-corrected chi connectivity index (χ3v) is 4.81. The maximum absolute atomic E-state index is 13.1. The van der Waals surface area contributed by atoms with Crippen molar-refractivity contribution in [2.24, 2.45) is 0 Å². The lowest BCUT2D eigenvalue weighted by Crippen LogP contribution is -2.07. The van der Waals surface area contributed by atoms with Crippen molar-refractivity contribution in [1.29, 1.82) is 0 Å². The fourth-order valence-electron chi connectivity index (χ4n) is 2.38. The number of benzene rings is 1. The number of pyridine rings is 1. The summed E-state index contributed by atoms with van der Waals surface area (Å²) in [7, 11) is 0. The van der Waals surface area contributed by atoms with Crippen LogP contribution in [0.3, 0.4) is 0 Å². The lowest BCUT2D eigenvalue weighted by molar-refractivity contribution is 0.584. The molecule has 0 aliphatic carbocycles. The molecular weight excluding hydrogens is 271 g/mol. The molecule has 0 radical (unpaired) electrons. The van der Waals surface area contributed by atoms with E-state index in [1.54, 1.807) is 23.5 Å². The standard InChI is InChI=1S/C16H15FN2S/c1-10-12-6-3-4-7-13(12)20-16(10)11(2)18-15-9-5-8-14(17)19-15/h3-9,11H,1-2H3,(H,18,19). The molecule has 20 heavy (non-hydrogen) atoms. The number of aryl methyl sites for hydroxylation is 1. The van der Waals surface area contributed by atoms with E-state index in [1.807, 2.05) is 6.07 Å². The molecule has 4 heteroatoms. The first-order chi connectivity index (χ1) is 9.65. The van der Waals surface area contributed by atoms with E-state index in [9.17, 15) is 4.39 Å². The first-order valence-corrected chi connectivity index (χ1v) is 7.34. The van der Waals surface area contributed by atoms with Crippen LogP contribution in [-0.4, -0.2) is 4.98 Å². The summed E-state index contributed by atoms with van der Waals surface area (Å²) in [6.45, 7) is 4.20. The van der Waals surface area contributed by atoms with E-state index in [0.29, 0.717) is 5.82 Å². The zero-order chi connectivity index (χ0) is 14.1. The van der Waals surface area contributed by atoms with Crippen molar-refractivity contribution in [3.05, 3.63) is 58.9 Å². The summed E-state index contributed by atoms with van der Waals surface area (Å²) in [5.74, 6) is 0.101. The van der Waals surface area contributed by atoms with Gasteiger partial charge in [0.15, 0.2) is 0 Å². The van der Waals surface area contributed by atoms with Gasteiger partial charge in [-0.15, -0.1) is 11.3 Å². The summed E-state index contributed by atoms with van der Waals surface area (Å²) in [5.41, 5.74) is 1.28. The second-order valence-electron chi connectivity index (χ2n) is 4.80. The molecule has 0 saturated carbocycles. The molecule has 1 atom stereocenters. The second-order valence-corrected chi connectivity index (χ2v) is 5.88. The van der Waals surface area contributed by atoms with Gasteiger partial charge in [0.1, 0.15) is 5.82 Å². The molecule has 102 valence electrons. The molecule has 2 heterocycles. The van der Waals surface area contributed by atoms with Gasteiger partial charge in [-0.25, -0.2) is 4.98 Å². The summed E-state index contributed by atoms with van der Waals surface area (Å²) in [5, 5.41) is 4.55. The number of nitrogens with zero attached hydrogens (tertiary/aromatic N) is 1. The molecule has 0 aliphatic rings. The van der Waals surface area contributed by atoms with Gasteiger partial charge in [-0.2, -0.15) is 4.39 Å². The van der Waals surface area contributed by atoms with E-state index in [2.05, 4.69) is 42.3 Å². The van der Waals surface area contributed by atoms with Gasteiger partial charge < -0.3 is 5.32 Å². The Balaban J connectivity index is 1.92. The Labute approximate surface area is 121 Å². The Morgan fingerprint density at radius 1 is 1.15 bits per heavy atom. The number of fused-ring (bicyclic) bond motifs is 1. The van der Waals surface area contributed by atoms with Crippen molar-refractivity contribution < 1.29 is 4.39 Å². The second kappa shape index (κ2) is 5.21. The maximum Gasteiger partial charge on any atom is 0.214 e. The molecule has 3 rings (SSSR count).